The number of anilines is 2. The van der Waals surface area contributed by atoms with E-state index in [9.17, 15) is 0 Å². The van der Waals surface area contributed by atoms with E-state index < -0.39 is 0 Å². The molecule has 0 spiro atoms. The second-order valence-electron chi connectivity index (χ2n) is 11.4. The Morgan fingerprint density at radius 3 is 1.93 bits per heavy atom. The van der Waals surface area contributed by atoms with E-state index in [4.69, 9.17) is 4.42 Å². The average molecular weight is 562 g/mol. The Balaban J connectivity index is 1.18. The highest BCUT2D eigenvalue weighted by atomic mass is 16.3. The van der Waals surface area contributed by atoms with E-state index in [1.165, 1.54) is 54.6 Å². The highest BCUT2D eigenvalue weighted by Crippen LogP contribution is 2.42. The molecule has 0 fully saturated rings. The molecule has 1 heterocycles. The molecular formula is C42H27NO. The normalized spacial score (nSPS) is 11.6. The van der Waals surface area contributed by atoms with Crippen LogP contribution in [0.25, 0.3) is 76.5 Å². The van der Waals surface area contributed by atoms with Gasteiger partial charge in [0.15, 0.2) is 0 Å². The Hall–Kier alpha value is -5.86. The smallest absolute Gasteiger partial charge is 0.137 e. The van der Waals surface area contributed by atoms with Crippen molar-refractivity contribution in [3.63, 3.8) is 0 Å². The van der Waals surface area contributed by atoms with Gasteiger partial charge in [0.05, 0.1) is 11.1 Å². The first kappa shape index (κ1) is 24.7. The van der Waals surface area contributed by atoms with E-state index in [-0.39, 0.29) is 0 Å². The number of hydrogen-bond acceptors (Lipinski definition) is 2. The van der Waals surface area contributed by atoms with Crippen molar-refractivity contribution in [3.8, 4) is 22.3 Å². The van der Waals surface area contributed by atoms with Crippen molar-refractivity contribution >= 4 is 65.6 Å². The molecule has 0 unspecified atom stereocenters. The number of benzene rings is 8. The van der Waals surface area contributed by atoms with Gasteiger partial charge >= 0.3 is 0 Å². The third kappa shape index (κ3) is 3.89. The maximum Gasteiger partial charge on any atom is 0.137 e. The summed E-state index contributed by atoms with van der Waals surface area (Å²) in [6.45, 7) is 0. The lowest BCUT2D eigenvalue weighted by Crippen LogP contribution is -1.92. The standard InChI is InChI=1S/C42H27NO/c1-2-9-27(10-3-1)33-24-23-32(35-26-25-34-31-12-5-4-11-28(31)19-22-36(34)41(33)35)29-17-20-30(21-18-29)43-38-14-8-16-40-42(38)37-13-6-7-15-39(37)44-40/h1-26,43H. The number of rotatable bonds is 4. The molecular weight excluding hydrogens is 534 g/mol. The van der Waals surface area contributed by atoms with Crippen molar-refractivity contribution in [2.45, 2.75) is 0 Å². The Morgan fingerprint density at radius 2 is 1.05 bits per heavy atom. The van der Waals surface area contributed by atoms with Crippen LogP contribution >= 0.6 is 0 Å². The topological polar surface area (TPSA) is 25.2 Å². The molecule has 0 amide bonds. The highest BCUT2D eigenvalue weighted by molar-refractivity contribution is 6.23. The second kappa shape index (κ2) is 9.86. The van der Waals surface area contributed by atoms with Crippen LogP contribution in [0.1, 0.15) is 0 Å². The summed E-state index contributed by atoms with van der Waals surface area (Å²) in [6, 6.07) is 56.3. The number of nitrogens with one attached hydrogen (secondary N) is 1. The van der Waals surface area contributed by atoms with Crippen LogP contribution in [0.3, 0.4) is 0 Å². The van der Waals surface area contributed by atoms with E-state index >= 15 is 0 Å². The summed E-state index contributed by atoms with van der Waals surface area (Å²) in [5.74, 6) is 0. The molecule has 0 atom stereocenters. The fourth-order valence-corrected chi connectivity index (χ4v) is 6.82. The first-order valence-corrected chi connectivity index (χ1v) is 15.0. The molecule has 0 aliphatic carbocycles. The van der Waals surface area contributed by atoms with Crippen LogP contribution < -0.4 is 5.32 Å². The van der Waals surface area contributed by atoms with Gasteiger partial charge in [0.1, 0.15) is 11.2 Å². The molecule has 0 aliphatic heterocycles. The van der Waals surface area contributed by atoms with Gasteiger partial charge in [0.25, 0.3) is 0 Å². The van der Waals surface area contributed by atoms with E-state index in [0.717, 1.165) is 33.3 Å². The SMILES string of the molecule is c1ccc(-c2ccc(-c3ccc(Nc4cccc5oc6ccccc6c45)cc3)c3ccc4c5ccccc5ccc4c23)cc1. The monoisotopic (exact) mass is 561 g/mol. The summed E-state index contributed by atoms with van der Waals surface area (Å²) in [5.41, 5.74) is 8.76. The van der Waals surface area contributed by atoms with Crippen LogP contribution in [0.4, 0.5) is 11.4 Å². The summed E-state index contributed by atoms with van der Waals surface area (Å²) in [4.78, 5) is 0. The molecule has 44 heavy (non-hydrogen) atoms. The van der Waals surface area contributed by atoms with Gasteiger partial charge in [-0.2, -0.15) is 0 Å². The zero-order valence-electron chi connectivity index (χ0n) is 23.9. The largest absolute Gasteiger partial charge is 0.456 e. The molecule has 206 valence electrons. The average Bonchev–Trinajstić information content (AvgIpc) is 3.48. The molecule has 0 aliphatic rings. The van der Waals surface area contributed by atoms with Crippen molar-refractivity contribution in [3.05, 3.63) is 158 Å². The van der Waals surface area contributed by atoms with E-state index in [1.54, 1.807) is 0 Å². The van der Waals surface area contributed by atoms with Gasteiger partial charge in [-0.3, -0.25) is 0 Å². The lowest BCUT2D eigenvalue weighted by molar-refractivity contribution is 0.669. The molecule has 8 aromatic carbocycles. The predicted molar refractivity (Wildman–Crippen MR) is 187 cm³/mol. The van der Waals surface area contributed by atoms with Gasteiger partial charge in [-0.15, -0.1) is 0 Å². The van der Waals surface area contributed by atoms with Gasteiger partial charge in [0.2, 0.25) is 0 Å². The van der Waals surface area contributed by atoms with Crippen LogP contribution in [0, 0.1) is 0 Å². The maximum absolute atomic E-state index is 6.10. The Kier molecular flexibility index (Phi) is 5.54. The van der Waals surface area contributed by atoms with Crippen molar-refractivity contribution in [2.24, 2.45) is 0 Å². The second-order valence-corrected chi connectivity index (χ2v) is 11.4. The predicted octanol–water partition coefficient (Wildman–Crippen LogP) is 12.1. The van der Waals surface area contributed by atoms with Crippen molar-refractivity contribution in [1.29, 1.82) is 0 Å². The van der Waals surface area contributed by atoms with Crippen LogP contribution in [-0.4, -0.2) is 0 Å². The first-order valence-electron chi connectivity index (χ1n) is 15.0. The Labute approximate surface area is 254 Å². The molecule has 9 rings (SSSR count). The van der Waals surface area contributed by atoms with Gasteiger partial charge in [-0.05, 0) is 84.9 Å². The molecule has 0 saturated carbocycles. The number of fused-ring (bicyclic) bond motifs is 8. The van der Waals surface area contributed by atoms with Crippen LogP contribution in [0.5, 0.6) is 0 Å². The van der Waals surface area contributed by atoms with Crippen molar-refractivity contribution in [1.82, 2.24) is 0 Å². The first-order chi connectivity index (χ1) is 21.8. The molecule has 1 aromatic heterocycles. The van der Waals surface area contributed by atoms with Crippen LogP contribution in [-0.2, 0) is 0 Å². The zero-order chi connectivity index (χ0) is 29.0. The molecule has 0 radical (unpaired) electrons. The summed E-state index contributed by atoms with van der Waals surface area (Å²) < 4.78 is 6.10. The molecule has 0 saturated heterocycles. The fraction of sp³-hybridized carbons (Fsp3) is 0. The fourth-order valence-electron chi connectivity index (χ4n) is 6.82. The van der Waals surface area contributed by atoms with Gasteiger partial charge in [0, 0.05) is 11.1 Å². The number of hydrogen-bond donors (Lipinski definition) is 1. The van der Waals surface area contributed by atoms with Gasteiger partial charge in [-0.25, -0.2) is 0 Å². The van der Waals surface area contributed by atoms with Crippen molar-refractivity contribution in [2.75, 3.05) is 5.32 Å². The van der Waals surface area contributed by atoms with Gasteiger partial charge < -0.3 is 9.73 Å². The van der Waals surface area contributed by atoms with E-state index in [0.29, 0.717) is 0 Å². The maximum atomic E-state index is 6.10. The minimum Gasteiger partial charge on any atom is -0.456 e. The van der Waals surface area contributed by atoms with Crippen molar-refractivity contribution < 1.29 is 4.42 Å². The molecule has 2 heteroatoms. The number of para-hydroxylation sites is 1. The Morgan fingerprint density at radius 1 is 0.364 bits per heavy atom. The third-order valence-electron chi connectivity index (χ3n) is 8.86. The minimum atomic E-state index is 0.887. The lowest BCUT2D eigenvalue weighted by atomic mass is 9.88. The summed E-state index contributed by atoms with van der Waals surface area (Å²) >= 11 is 0. The highest BCUT2D eigenvalue weighted by Gasteiger charge is 2.15. The molecule has 1 N–H and O–H groups in total. The quantitative estimate of drug-likeness (QED) is 0.216. The minimum absolute atomic E-state index is 0.887. The van der Waals surface area contributed by atoms with E-state index in [2.05, 4.69) is 139 Å². The Bertz CT molecular complexity index is 2510. The summed E-state index contributed by atoms with van der Waals surface area (Å²) in [6.07, 6.45) is 0. The lowest BCUT2D eigenvalue weighted by Gasteiger charge is -2.16. The van der Waals surface area contributed by atoms with Crippen LogP contribution in [0.15, 0.2) is 162 Å². The van der Waals surface area contributed by atoms with Crippen LogP contribution in [0.2, 0.25) is 0 Å². The molecule has 0 bridgehead atoms. The zero-order valence-corrected chi connectivity index (χ0v) is 23.9. The van der Waals surface area contributed by atoms with Gasteiger partial charge in [-0.1, -0.05) is 127 Å². The molecule has 9 aromatic rings. The third-order valence-corrected chi connectivity index (χ3v) is 8.86. The van der Waals surface area contributed by atoms with E-state index in [1.807, 2.05) is 24.3 Å². The summed E-state index contributed by atoms with van der Waals surface area (Å²) in [7, 11) is 0. The summed E-state index contributed by atoms with van der Waals surface area (Å²) in [5, 5.41) is 13.5. The molecule has 2 nitrogen and oxygen atoms in total. The number of furan rings is 1.